The van der Waals surface area contributed by atoms with Crippen LogP contribution in [0.25, 0.3) is 0 Å². The molecule has 1 saturated carbocycles. The van der Waals surface area contributed by atoms with E-state index in [-0.39, 0.29) is 5.91 Å². The molecular weight excluding hydrogens is 352 g/mol. The number of amides is 1. The number of nitrogens with zero attached hydrogens (tertiary/aromatic N) is 3. The van der Waals surface area contributed by atoms with Gasteiger partial charge in [-0.3, -0.25) is 4.79 Å². The lowest BCUT2D eigenvalue weighted by Gasteiger charge is -2.07. The van der Waals surface area contributed by atoms with Gasteiger partial charge in [-0.1, -0.05) is 27.7 Å². The fourth-order valence-electron chi connectivity index (χ4n) is 2.06. The number of benzene rings is 1. The summed E-state index contributed by atoms with van der Waals surface area (Å²) in [4.78, 5) is 12.0. The van der Waals surface area contributed by atoms with Crippen molar-refractivity contribution < 1.29 is 4.79 Å². The molecule has 21 heavy (non-hydrogen) atoms. The standard InChI is InChI=1S/C14H15BrN4OS/c1-9-17-18-14(19(9)12-6-7-12)21-8-13(20)16-11-4-2-10(15)3-5-11/h2-5,12H,6-8H2,1H3,(H,16,20). The Kier molecular flexibility index (Phi) is 4.30. The molecule has 1 aliphatic rings. The third-order valence-corrected chi connectivity index (χ3v) is 4.68. The largest absolute Gasteiger partial charge is 0.325 e. The van der Waals surface area contributed by atoms with Gasteiger partial charge in [-0.15, -0.1) is 10.2 Å². The van der Waals surface area contributed by atoms with Crippen molar-refractivity contribution in [1.82, 2.24) is 14.8 Å². The zero-order valence-electron chi connectivity index (χ0n) is 11.5. The van der Waals surface area contributed by atoms with Crippen molar-refractivity contribution in [3.63, 3.8) is 0 Å². The topological polar surface area (TPSA) is 59.8 Å². The second-order valence-corrected chi connectivity index (χ2v) is 6.83. The zero-order valence-corrected chi connectivity index (χ0v) is 13.9. The van der Waals surface area contributed by atoms with Crippen LogP contribution in [0.3, 0.4) is 0 Å². The molecule has 1 fully saturated rings. The second kappa shape index (κ2) is 6.19. The molecule has 1 aliphatic carbocycles. The quantitative estimate of drug-likeness (QED) is 0.823. The molecule has 0 saturated heterocycles. The minimum Gasteiger partial charge on any atom is -0.325 e. The number of hydrogen-bond acceptors (Lipinski definition) is 4. The van der Waals surface area contributed by atoms with E-state index in [0.29, 0.717) is 11.8 Å². The molecule has 0 radical (unpaired) electrons. The summed E-state index contributed by atoms with van der Waals surface area (Å²) in [5.74, 6) is 1.22. The molecular formula is C14H15BrN4OS. The molecule has 5 nitrogen and oxygen atoms in total. The van der Waals surface area contributed by atoms with Crippen LogP contribution >= 0.6 is 27.7 Å². The molecule has 7 heteroatoms. The first-order valence-electron chi connectivity index (χ1n) is 6.73. The summed E-state index contributed by atoms with van der Waals surface area (Å²) in [6, 6.07) is 8.05. The van der Waals surface area contributed by atoms with Crippen LogP contribution in [0.2, 0.25) is 0 Å². The smallest absolute Gasteiger partial charge is 0.234 e. The first kappa shape index (κ1) is 14.6. The van der Waals surface area contributed by atoms with Gasteiger partial charge < -0.3 is 9.88 Å². The highest BCUT2D eigenvalue weighted by atomic mass is 79.9. The fourth-order valence-corrected chi connectivity index (χ4v) is 3.18. The third-order valence-electron chi connectivity index (χ3n) is 3.21. The number of carbonyl (C=O) groups excluding carboxylic acids is 1. The number of anilines is 1. The van der Waals surface area contributed by atoms with Crippen LogP contribution < -0.4 is 5.32 Å². The Morgan fingerprint density at radius 1 is 1.38 bits per heavy atom. The normalized spacial score (nSPS) is 14.2. The molecule has 2 aromatic rings. The van der Waals surface area contributed by atoms with E-state index in [1.807, 2.05) is 31.2 Å². The van der Waals surface area contributed by atoms with Crippen LogP contribution in [-0.2, 0) is 4.79 Å². The van der Waals surface area contributed by atoms with Crippen LogP contribution in [0.1, 0.15) is 24.7 Å². The van der Waals surface area contributed by atoms with Crippen LogP contribution in [0.5, 0.6) is 0 Å². The molecule has 110 valence electrons. The van der Waals surface area contributed by atoms with Crippen molar-refractivity contribution in [1.29, 1.82) is 0 Å². The number of aryl methyl sites for hydroxylation is 1. The van der Waals surface area contributed by atoms with E-state index in [4.69, 9.17) is 0 Å². The summed E-state index contributed by atoms with van der Waals surface area (Å²) in [7, 11) is 0. The summed E-state index contributed by atoms with van der Waals surface area (Å²) < 4.78 is 3.13. The minimum absolute atomic E-state index is 0.0367. The molecule has 0 aliphatic heterocycles. The molecule has 0 bridgehead atoms. The highest BCUT2D eigenvalue weighted by Crippen LogP contribution is 2.38. The molecule has 0 unspecified atom stereocenters. The summed E-state index contributed by atoms with van der Waals surface area (Å²) in [6.07, 6.45) is 2.36. The van der Waals surface area contributed by atoms with E-state index >= 15 is 0 Å². The lowest BCUT2D eigenvalue weighted by molar-refractivity contribution is -0.113. The summed E-state index contributed by atoms with van der Waals surface area (Å²) in [5.41, 5.74) is 0.795. The van der Waals surface area contributed by atoms with Crippen molar-refractivity contribution in [3.8, 4) is 0 Å². The Morgan fingerprint density at radius 2 is 2.10 bits per heavy atom. The summed E-state index contributed by atoms with van der Waals surface area (Å²) >= 11 is 4.80. The maximum absolute atomic E-state index is 12.0. The van der Waals surface area contributed by atoms with Gasteiger partial charge in [-0.05, 0) is 44.0 Å². The van der Waals surface area contributed by atoms with Crippen molar-refractivity contribution in [2.75, 3.05) is 11.1 Å². The van der Waals surface area contributed by atoms with Gasteiger partial charge in [-0.25, -0.2) is 0 Å². The van der Waals surface area contributed by atoms with Crippen molar-refractivity contribution in [2.45, 2.75) is 31.0 Å². The Hall–Kier alpha value is -1.34. The fraction of sp³-hybridized carbons (Fsp3) is 0.357. The first-order valence-corrected chi connectivity index (χ1v) is 8.51. The zero-order chi connectivity index (χ0) is 14.8. The Labute approximate surface area is 135 Å². The second-order valence-electron chi connectivity index (χ2n) is 4.97. The molecule has 0 atom stereocenters. The lowest BCUT2D eigenvalue weighted by Crippen LogP contribution is -2.14. The SMILES string of the molecule is Cc1nnc(SCC(=O)Nc2ccc(Br)cc2)n1C1CC1. The monoisotopic (exact) mass is 366 g/mol. The number of carbonyl (C=O) groups is 1. The number of halogens is 1. The molecule has 1 heterocycles. The van der Waals surface area contributed by atoms with E-state index in [9.17, 15) is 4.79 Å². The van der Waals surface area contributed by atoms with E-state index in [1.54, 1.807) is 0 Å². The predicted octanol–water partition coefficient (Wildman–Crippen LogP) is 3.41. The number of rotatable bonds is 5. The van der Waals surface area contributed by atoms with Gasteiger partial charge in [0.15, 0.2) is 5.16 Å². The molecule has 1 aromatic heterocycles. The lowest BCUT2D eigenvalue weighted by atomic mass is 10.3. The highest BCUT2D eigenvalue weighted by molar-refractivity contribution is 9.10. The van der Waals surface area contributed by atoms with E-state index in [2.05, 4.69) is 36.0 Å². The van der Waals surface area contributed by atoms with Crippen LogP contribution in [0, 0.1) is 6.92 Å². The number of thioether (sulfide) groups is 1. The Balaban J connectivity index is 1.57. The maximum Gasteiger partial charge on any atom is 0.234 e. The number of nitrogens with one attached hydrogen (secondary N) is 1. The van der Waals surface area contributed by atoms with Gasteiger partial charge in [0.2, 0.25) is 5.91 Å². The van der Waals surface area contributed by atoms with Crippen molar-refractivity contribution >= 4 is 39.3 Å². The minimum atomic E-state index is -0.0367. The van der Waals surface area contributed by atoms with Crippen LogP contribution in [0.4, 0.5) is 5.69 Å². The molecule has 1 amide bonds. The highest BCUT2D eigenvalue weighted by Gasteiger charge is 2.28. The number of hydrogen-bond donors (Lipinski definition) is 1. The van der Waals surface area contributed by atoms with Gasteiger partial charge >= 0.3 is 0 Å². The summed E-state index contributed by atoms with van der Waals surface area (Å²) in [6.45, 7) is 1.96. The average molecular weight is 367 g/mol. The van der Waals surface area contributed by atoms with Crippen LogP contribution in [-0.4, -0.2) is 26.4 Å². The van der Waals surface area contributed by atoms with Gasteiger partial charge in [0, 0.05) is 16.2 Å². The molecule has 1 aromatic carbocycles. The van der Waals surface area contributed by atoms with Crippen molar-refractivity contribution in [2.24, 2.45) is 0 Å². The molecule has 3 rings (SSSR count). The molecule has 1 N–H and O–H groups in total. The third kappa shape index (κ3) is 3.65. The van der Waals surface area contributed by atoms with Gasteiger partial charge in [0.25, 0.3) is 0 Å². The Bertz CT molecular complexity index is 651. The van der Waals surface area contributed by atoms with E-state index < -0.39 is 0 Å². The average Bonchev–Trinajstić information content (AvgIpc) is 3.23. The van der Waals surface area contributed by atoms with Gasteiger partial charge in [0.1, 0.15) is 5.82 Å². The number of aromatic nitrogens is 3. The van der Waals surface area contributed by atoms with E-state index in [0.717, 1.165) is 21.1 Å². The van der Waals surface area contributed by atoms with Crippen LogP contribution in [0.15, 0.2) is 33.9 Å². The Morgan fingerprint density at radius 3 is 2.76 bits per heavy atom. The van der Waals surface area contributed by atoms with Gasteiger partial charge in [0.05, 0.1) is 5.75 Å². The predicted molar refractivity (Wildman–Crippen MR) is 86.5 cm³/mol. The van der Waals surface area contributed by atoms with Crippen molar-refractivity contribution in [3.05, 3.63) is 34.6 Å². The molecule has 0 spiro atoms. The first-order chi connectivity index (χ1) is 10.1. The van der Waals surface area contributed by atoms with Gasteiger partial charge in [-0.2, -0.15) is 0 Å². The van der Waals surface area contributed by atoms with E-state index in [1.165, 1.54) is 24.6 Å². The maximum atomic E-state index is 12.0. The summed E-state index contributed by atoms with van der Waals surface area (Å²) in [5, 5.41) is 12.0.